The van der Waals surface area contributed by atoms with E-state index in [1.54, 1.807) is 6.07 Å². The van der Waals surface area contributed by atoms with Crippen LogP contribution in [0.1, 0.15) is 30.0 Å². The Labute approximate surface area is 137 Å². The van der Waals surface area contributed by atoms with Crippen LogP contribution in [0.4, 0.5) is 0 Å². The van der Waals surface area contributed by atoms with Crippen LogP contribution in [0.3, 0.4) is 0 Å². The highest BCUT2D eigenvalue weighted by Gasteiger charge is 2.28. The first kappa shape index (κ1) is 14.3. The third-order valence-corrected chi connectivity index (χ3v) is 4.60. The number of hydrogen-bond acceptors (Lipinski definition) is 4. The molecular weight excluding hydrogens is 318 g/mol. The normalized spacial score (nSPS) is 18.6. The van der Waals surface area contributed by atoms with Gasteiger partial charge < -0.3 is 14.6 Å². The summed E-state index contributed by atoms with van der Waals surface area (Å²) < 4.78 is 10.7. The van der Waals surface area contributed by atoms with Crippen molar-refractivity contribution in [3.05, 3.63) is 40.5 Å². The lowest BCUT2D eigenvalue weighted by atomic mass is 9.85. The molecule has 6 heteroatoms. The minimum Gasteiger partial charge on any atom is -0.481 e. The standard InChI is InChI=1S/C17H14ClNO4/c18-12-7-11-10(17(20)21)2-1-3-13(11)19-16(12)9-4-5-14-15(6-9)23-8-22-14/h4-7,10H,1-3,8H2,(H,20,21). The Balaban J connectivity index is 1.80. The average molecular weight is 332 g/mol. The number of nitrogens with zero attached hydrogens (tertiary/aromatic N) is 1. The summed E-state index contributed by atoms with van der Waals surface area (Å²) >= 11 is 6.39. The number of fused-ring (bicyclic) bond motifs is 2. The maximum atomic E-state index is 11.4. The van der Waals surface area contributed by atoms with Crippen LogP contribution in [-0.4, -0.2) is 22.9 Å². The minimum absolute atomic E-state index is 0.213. The van der Waals surface area contributed by atoms with Crippen molar-refractivity contribution in [2.75, 3.05) is 6.79 Å². The number of pyridine rings is 1. The van der Waals surface area contributed by atoms with E-state index in [0.717, 1.165) is 29.7 Å². The van der Waals surface area contributed by atoms with Gasteiger partial charge in [0, 0.05) is 11.3 Å². The monoisotopic (exact) mass is 331 g/mol. The highest BCUT2D eigenvalue weighted by Crippen LogP contribution is 2.40. The summed E-state index contributed by atoms with van der Waals surface area (Å²) in [6.45, 7) is 0.213. The van der Waals surface area contributed by atoms with Gasteiger partial charge in [-0.05, 0) is 49.1 Å². The number of aromatic nitrogens is 1. The molecule has 118 valence electrons. The van der Waals surface area contributed by atoms with Crippen LogP contribution in [0.15, 0.2) is 24.3 Å². The molecule has 0 spiro atoms. The first-order valence-corrected chi connectivity index (χ1v) is 7.83. The molecule has 1 N–H and O–H groups in total. The van der Waals surface area contributed by atoms with E-state index in [0.29, 0.717) is 28.6 Å². The smallest absolute Gasteiger partial charge is 0.311 e. The molecule has 0 saturated carbocycles. The van der Waals surface area contributed by atoms with E-state index < -0.39 is 11.9 Å². The fourth-order valence-corrected chi connectivity index (χ4v) is 3.44. The first-order valence-electron chi connectivity index (χ1n) is 7.45. The van der Waals surface area contributed by atoms with Crippen LogP contribution in [0.25, 0.3) is 11.3 Å². The molecule has 1 unspecified atom stereocenters. The van der Waals surface area contributed by atoms with Gasteiger partial charge in [0.15, 0.2) is 11.5 Å². The summed E-state index contributed by atoms with van der Waals surface area (Å²) in [5.41, 5.74) is 3.04. The predicted molar refractivity (Wildman–Crippen MR) is 84.1 cm³/mol. The third kappa shape index (κ3) is 2.41. The predicted octanol–water partition coefficient (Wildman–Crippen LogP) is 3.64. The van der Waals surface area contributed by atoms with E-state index in [2.05, 4.69) is 4.98 Å². The number of aliphatic carboxylic acids is 1. The van der Waals surface area contributed by atoms with Crippen molar-refractivity contribution in [2.24, 2.45) is 0 Å². The molecule has 1 atom stereocenters. The van der Waals surface area contributed by atoms with Crippen LogP contribution in [-0.2, 0) is 11.2 Å². The number of benzene rings is 1. The Hall–Kier alpha value is -2.27. The van der Waals surface area contributed by atoms with Gasteiger partial charge in [0.05, 0.1) is 16.6 Å². The van der Waals surface area contributed by atoms with E-state index in [1.807, 2.05) is 18.2 Å². The second kappa shape index (κ2) is 5.42. The summed E-state index contributed by atoms with van der Waals surface area (Å²) in [4.78, 5) is 16.1. The number of carbonyl (C=O) groups is 1. The minimum atomic E-state index is -0.820. The molecule has 1 aliphatic carbocycles. The van der Waals surface area contributed by atoms with Crippen molar-refractivity contribution >= 4 is 17.6 Å². The fraction of sp³-hybridized carbons (Fsp3) is 0.294. The molecule has 0 bridgehead atoms. The van der Waals surface area contributed by atoms with Gasteiger partial charge in [-0.2, -0.15) is 0 Å². The second-order valence-corrected chi connectivity index (χ2v) is 6.11. The molecule has 4 rings (SSSR count). The number of carboxylic acids is 1. The molecule has 1 aliphatic heterocycles. The van der Waals surface area contributed by atoms with Gasteiger partial charge in [-0.3, -0.25) is 9.78 Å². The van der Waals surface area contributed by atoms with Crippen LogP contribution in [0.5, 0.6) is 11.5 Å². The van der Waals surface area contributed by atoms with E-state index in [-0.39, 0.29) is 6.79 Å². The fourth-order valence-electron chi connectivity index (χ4n) is 3.17. The molecule has 5 nitrogen and oxygen atoms in total. The number of aryl methyl sites for hydroxylation is 1. The zero-order valence-corrected chi connectivity index (χ0v) is 13.0. The lowest BCUT2D eigenvalue weighted by molar-refractivity contribution is -0.139. The number of carboxylic acid groups (broad SMARTS) is 1. The van der Waals surface area contributed by atoms with Gasteiger partial charge >= 0.3 is 5.97 Å². The van der Waals surface area contributed by atoms with Crippen molar-refractivity contribution in [1.82, 2.24) is 4.98 Å². The zero-order valence-electron chi connectivity index (χ0n) is 12.2. The molecule has 2 aromatic rings. The highest BCUT2D eigenvalue weighted by molar-refractivity contribution is 6.33. The molecule has 2 aliphatic rings. The number of ether oxygens (including phenoxy) is 2. The topological polar surface area (TPSA) is 68.7 Å². The maximum absolute atomic E-state index is 11.4. The van der Waals surface area contributed by atoms with Crippen molar-refractivity contribution in [3.8, 4) is 22.8 Å². The van der Waals surface area contributed by atoms with Crippen LogP contribution >= 0.6 is 11.6 Å². The SMILES string of the molecule is O=C(O)C1CCCc2nc(-c3ccc4c(c3)OCO4)c(Cl)cc21. The van der Waals surface area contributed by atoms with Crippen molar-refractivity contribution in [3.63, 3.8) is 0 Å². The number of halogens is 1. The van der Waals surface area contributed by atoms with Crippen LogP contribution < -0.4 is 9.47 Å². The third-order valence-electron chi connectivity index (χ3n) is 4.31. The van der Waals surface area contributed by atoms with E-state index in [4.69, 9.17) is 21.1 Å². The molecule has 0 saturated heterocycles. The molecule has 0 fully saturated rings. The Kier molecular flexibility index (Phi) is 3.38. The van der Waals surface area contributed by atoms with Gasteiger partial charge in [-0.15, -0.1) is 0 Å². The Bertz CT molecular complexity index is 805. The summed E-state index contributed by atoms with van der Waals surface area (Å²) in [6.07, 6.45) is 2.22. The molecule has 23 heavy (non-hydrogen) atoms. The largest absolute Gasteiger partial charge is 0.481 e. The Morgan fingerprint density at radius 3 is 2.91 bits per heavy atom. The highest BCUT2D eigenvalue weighted by atomic mass is 35.5. The van der Waals surface area contributed by atoms with Gasteiger partial charge in [-0.25, -0.2) is 0 Å². The van der Waals surface area contributed by atoms with Crippen LogP contribution in [0.2, 0.25) is 5.02 Å². The first-order chi connectivity index (χ1) is 11.1. The van der Waals surface area contributed by atoms with E-state index >= 15 is 0 Å². The lowest BCUT2D eigenvalue weighted by Crippen LogP contribution is -2.19. The average Bonchev–Trinajstić information content (AvgIpc) is 3.01. The quantitative estimate of drug-likeness (QED) is 0.910. The second-order valence-electron chi connectivity index (χ2n) is 5.71. The molecular formula is C17H14ClNO4. The summed E-state index contributed by atoms with van der Waals surface area (Å²) in [7, 11) is 0. The molecule has 2 heterocycles. The van der Waals surface area contributed by atoms with Gasteiger partial charge in [-0.1, -0.05) is 11.6 Å². The van der Waals surface area contributed by atoms with Gasteiger partial charge in [0.2, 0.25) is 6.79 Å². The Morgan fingerprint density at radius 2 is 2.09 bits per heavy atom. The maximum Gasteiger partial charge on any atom is 0.311 e. The zero-order chi connectivity index (χ0) is 16.0. The Morgan fingerprint density at radius 1 is 1.26 bits per heavy atom. The summed E-state index contributed by atoms with van der Waals surface area (Å²) in [6, 6.07) is 7.31. The number of hydrogen-bond donors (Lipinski definition) is 1. The van der Waals surface area contributed by atoms with Gasteiger partial charge in [0.25, 0.3) is 0 Å². The van der Waals surface area contributed by atoms with Crippen molar-refractivity contribution in [1.29, 1.82) is 0 Å². The lowest BCUT2D eigenvalue weighted by Gasteiger charge is -2.22. The van der Waals surface area contributed by atoms with E-state index in [9.17, 15) is 9.90 Å². The van der Waals surface area contributed by atoms with Gasteiger partial charge in [0.1, 0.15) is 0 Å². The van der Waals surface area contributed by atoms with Crippen LogP contribution in [0, 0.1) is 0 Å². The van der Waals surface area contributed by atoms with Crippen molar-refractivity contribution < 1.29 is 19.4 Å². The molecule has 1 aromatic carbocycles. The van der Waals surface area contributed by atoms with E-state index in [1.165, 1.54) is 0 Å². The summed E-state index contributed by atoms with van der Waals surface area (Å²) in [5, 5.41) is 9.82. The molecule has 1 aromatic heterocycles. The summed E-state index contributed by atoms with van der Waals surface area (Å²) in [5.74, 6) is 0.0319. The molecule has 0 radical (unpaired) electrons. The molecule has 0 amide bonds. The van der Waals surface area contributed by atoms with Crippen molar-refractivity contribution in [2.45, 2.75) is 25.2 Å². The number of rotatable bonds is 2.